The molecule has 0 fully saturated rings. The summed E-state index contributed by atoms with van der Waals surface area (Å²) >= 11 is 0. The minimum Gasteiger partial charge on any atom is -0.310 e. The summed E-state index contributed by atoms with van der Waals surface area (Å²) in [6.07, 6.45) is 0. The molecule has 1 aliphatic carbocycles. The van der Waals surface area contributed by atoms with E-state index in [1.807, 2.05) is 0 Å². The largest absolute Gasteiger partial charge is 0.310 e. The van der Waals surface area contributed by atoms with Gasteiger partial charge in [-0.15, -0.1) is 0 Å². The second-order valence-electron chi connectivity index (χ2n) is 17.0. The highest BCUT2D eigenvalue weighted by molar-refractivity contribution is 5.97. The second-order valence-corrected chi connectivity index (χ2v) is 17.0. The summed E-state index contributed by atoms with van der Waals surface area (Å²) < 4.78 is 0. The summed E-state index contributed by atoms with van der Waals surface area (Å²) in [5.41, 5.74) is 19.0. The molecule has 0 radical (unpaired) electrons. The molecule has 1 aliphatic rings. The molecular formula is C61H46N2. The van der Waals surface area contributed by atoms with E-state index in [1.165, 1.54) is 66.4 Å². The maximum absolute atomic E-state index is 2.42. The third-order valence-electron chi connectivity index (χ3n) is 12.9. The van der Waals surface area contributed by atoms with Gasteiger partial charge < -0.3 is 9.80 Å². The number of hydrogen-bond acceptors (Lipinski definition) is 2. The summed E-state index contributed by atoms with van der Waals surface area (Å²) in [5, 5.41) is 2.52. The van der Waals surface area contributed by atoms with Gasteiger partial charge in [-0.3, -0.25) is 0 Å². The Hall–Kier alpha value is -7.94. The summed E-state index contributed by atoms with van der Waals surface area (Å²) in [6, 6.07) is 88.2. The zero-order valence-corrected chi connectivity index (χ0v) is 35.5. The first kappa shape index (κ1) is 38.0. The Bertz CT molecular complexity index is 3120. The van der Waals surface area contributed by atoms with Gasteiger partial charge in [-0.1, -0.05) is 184 Å². The molecule has 2 heteroatoms. The van der Waals surface area contributed by atoms with Crippen LogP contribution in [0.4, 0.5) is 34.1 Å². The van der Waals surface area contributed by atoms with Crippen molar-refractivity contribution in [3.63, 3.8) is 0 Å². The van der Waals surface area contributed by atoms with Gasteiger partial charge in [0.25, 0.3) is 0 Å². The molecule has 0 heterocycles. The first-order valence-electron chi connectivity index (χ1n) is 21.8. The Labute approximate surface area is 370 Å². The molecule has 0 unspecified atom stereocenters. The standard InChI is InChI=1S/C61H46N2/c1-61(2)59-41-53(62(49-21-10-5-11-22-49)52-35-29-48(30-36-52)56-24-14-20-47-19-12-13-23-55(47)56)37-39-57(59)58-40-38-54(42-60(58)61)63(50-31-25-45(26-32-50)43-15-6-3-7-16-43)51-33-27-46(28-34-51)44-17-8-4-9-18-44/h3-42H,1-2H3. The second kappa shape index (κ2) is 15.8. The first-order valence-corrected chi connectivity index (χ1v) is 21.8. The van der Waals surface area contributed by atoms with E-state index in [0.717, 1.165) is 34.1 Å². The molecule has 0 N–H and O–H groups in total. The van der Waals surface area contributed by atoms with Crippen LogP contribution in [0.25, 0.3) is 55.3 Å². The van der Waals surface area contributed by atoms with Gasteiger partial charge in [-0.25, -0.2) is 0 Å². The van der Waals surface area contributed by atoms with E-state index in [9.17, 15) is 0 Å². The fourth-order valence-electron chi connectivity index (χ4n) is 9.60. The molecule has 0 atom stereocenters. The fraction of sp³-hybridized carbons (Fsp3) is 0.0492. The Morgan fingerprint density at radius 2 is 0.635 bits per heavy atom. The molecule has 0 bridgehead atoms. The Morgan fingerprint density at radius 3 is 1.13 bits per heavy atom. The predicted octanol–water partition coefficient (Wildman–Crippen LogP) is 17.1. The van der Waals surface area contributed by atoms with Crippen LogP contribution in [0.1, 0.15) is 25.0 Å². The minimum atomic E-state index is -0.253. The highest BCUT2D eigenvalue weighted by Crippen LogP contribution is 2.52. The van der Waals surface area contributed by atoms with Crippen molar-refractivity contribution in [3.05, 3.63) is 254 Å². The van der Waals surface area contributed by atoms with E-state index in [-0.39, 0.29) is 5.41 Å². The molecule has 2 nitrogen and oxygen atoms in total. The summed E-state index contributed by atoms with van der Waals surface area (Å²) in [4.78, 5) is 4.78. The van der Waals surface area contributed by atoms with Crippen LogP contribution in [0.2, 0.25) is 0 Å². The summed E-state index contributed by atoms with van der Waals surface area (Å²) in [7, 11) is 0. The van der Waals surface area contributed by atoms with Gasteiger partial charge >= 0.3 is 0 Å². The van der Waals surface area contributed by atoms with Crippen molar-refractivity contribution in [1.82, 2.24) is 0 Å². The van der Waals surface area contributed by atoms with E-state index >= 15 is 0 Å². The minimum absolute atomic E-state index is 0.253. The first-order chi connectivity index (χ1) is 31.0. The molecule has 63 heavy (non-hydrogen) atoms. The molecule has 0 spiro atoms. The Kier molecular flexibility index (Phi) is 9.55. The van der Waals surface area contributed by atoms with E-state index in [1.54, 1.807) is 0 Å². The monoisotopic (exact) mass is 806 g/mol. The third kappa shape index (κ3) is 6.96. The lowest BCUT2D eigenvalue weighted by atomic mass is 9.82. The molecule has 10 aromatic carbocycles. The smallest absolute Gasteiger partial charge is 0.0465 e. The highest BCUT2D eigenvalue weighted by Gasteiger charge is 2.37. The number of hydrogen-bond donors (Lipinski definition) is 0. The predicted molar refractivity (Wildman–Crippen MR) is 267 cm³/mol. The van der Waals surface area contributed by atoms with Crippen molar-refractivity contribution < 1.29 is 0 Å². The van der Waals surface area contributed by atoms with Gasteiger partial charge in [0.05, 0.1) is 0 Å². The van der Waals surface area contributed by atoms with Crippen LogP contribution in [-0.2, 0) is 5.41 Å². The van der Waals surface area contributed by atoms with Gasteiger partial charge in [0.1, 0.15) is 0 Å². The molecule has 11 rings (SSSR count). The SMILES string of the molecule is CC1(C)c2cc(N(c3ccc(-c4ccccc4)cc3)c3ccc(-c4ccccc4)cc3)ccc2-c2ccc(N(c3ccccc3)c3ccc(-c4cccc5ccccc45)cc3)cc21. The van der Waals surface area contributed by atoms with Crippen LogP contribution in [-0.4, -0.2) is 0 Å². The van der Waals surface area contributed by atoms with Crippen LogP contribution in [0.5, 0.6) is 0 Å². The number of rotatable bonds is 9. The number of fused-ring (bicyclic) bond motifs is 4. The average Bonchev–Trinajstić information content (AvgIpc) is 3.57. The van der Waals surface area contributed by atoms with Crippen LogP contribution in [0, 0.1) is 0 Å². The van der Waals surface area contributed by atoms with Crippen molar-refractivity contribution in [1.29, 1.82) is 0 Å². The van der Waals surface area contributed by atoms with Crippen molar-refractivity contribution >= 4 is 44.9 Å². The van der Waals surface area contributed by atoms with Gasteiger partial charge in [-0.05, 0) is 139 Å². The molecule has 300 valence electrons. The van der Waals surface area contributed by atoms with Crippen molar-refractivity contribution in [2.45, 2.75) is 19.3 Å². The van der Waals surface area contributed by atoms with Crippen molar-refractivity contribution in [2.24, 2.45) is 0 Å². The maximum atomic E-state index is 2.42. The van der Waals surface area contributed by atoms with Crippen molar-refractivity contribution in [3.8, 4) is 44.5 Å². The van der Waals surface area contributed by atoms with Gasteiger partial charge in [0.2, 0.25) is 0 Å². The molecule has 0 aliphatic heterocycles. The highest BCUT2D eigenvalue weighted by atomic mass is 15.1. The zero-order valence-electron chi connectivity index (χ0n) is 35.5. The molecule has 0 aromatic heterocycles. The third-order valence-corrected chi connectivity index (χ3v) is 12.9. The lowest BCUT2D eigenvalue weighted by Crippen LogP contribution is -2.17. The van der Waals surface area contributed by atoms with Gasteiger partial charge in [0.15, 0.2) is 0 Å². The Balaban J connectivity index is 0.969. The van der Waals surface area contributed by atoms with E-state index in [2.05, 4.69) is 266 Å². The van der Waals surface area contributed by atoms with Crippen molar-refractivity contribution in [2.75, 3.05) is 9.80 Å². The number of anilines is 6. The number of nitrogens with zero attached hydrogens (tertiary/aromatic N) is 2. The fourth-order valence-corrected chi connectivity index (χ4v) is 9.60. The molecule has 10 aromatic rings. The number of para-hydroxylation sites is 1. The topological polar surface area (TPSA) is 6.48 Å². The van der Waals surface area contributed by atoms with Gasteiger partial charge in [0, 0.05) is 39.5 Å². The average molecular weight is 807 g/mol. The van der Waals surface area contributed by atoms with Crippen LogP contribution in [0.3, 0.4) is 0 Å². The molecular weight excluding hydrogens is 761 g/mol. The summed E-state index contributed by atoms with van der Waals surface area (Å²) in [5.74, 6) is 0. The normalized spacial score (nSPS) is 12.4. The quantitative estimate of drug-likeness (QED) is 0.143. The lowest BCUT2D eigenvalue weighted by Gasteiger charge is -2.29. The van der Waals surface area contributed by atoms with E-state index < -0.39 is 0 Å². The van der Waals surface area contributed by atoms with Crippen LogP contribution >= 0.6 is 0 Å². The van der Waals surface area contributed by atoms with Crippen LogP contribution < -0.4 is 9.80 Å². The summed E-state index contributed by atoms with van der Waals surface area (Å²) in [6.45, 7) is 4.76. The number of benzene rings is 10. The van der Waals surface area contributed by atoms with E-state index in [0.29, 0.717) is 0 Å². The van der Waals surface area contributed by atoms with Gasteiger partial charge in [-0.2, -0.15) is 0 Å². The lowest BCUT2D eigenvalue weighted by molar-refractivity contribution is 0.660. The molecule has 0 amide bonds. The molecule has 0 saturated heterocycles. The molecule has 0 saturated carbocycles. The van der Waals surface area contributed by atoms with Crippen LogP contribution in [0.15, 0.2) is 243 Å². The maximum Gasteiger partial charge on any atom is 0.0465 e. The zero-order chi connectivity index (χ0) is 42.3. The van der Waals surface area contributed by atoms with E-state index in [4.69, 9.17) is 0 Å². The Morgan fingerprint density at radius 1 is 0.270 bits per heavy atom.